The van der Waals surface area contributed by atoms with Crippen LogP contribution in [0.4, 0.5) is 5.82 Å². The van der Waals surface area contributed by atoms with Gasteiger partial charge in [0.1, 0.15) is 11.4 Å². The van der Waals surface area contributed by atoms with Crippen LogP contribution in [-0.2, 0) is 9.53 Å². The molecule has 1 aliphatic carbocycles. The number of nitrogens with one attached hydrogen (secondary N) is 1. The van der Waals surface area contributed by atoms with Gasteiger partial charge in [-0.05, 0) is 45.4 Å². The molecule has 0 bridgehead atoms. The second kappa shape index (κ2) is 10.9. The molecule has 0 aromatic carbocycles. The molecule has 3 N–H and O–H groups in total. The van der Waals surface area contributed by atoms with Crippen molar-refractivity contribution >= 4 is 29.5 Å². The Labute approximate surface area is 164 Å². The molecule has 1 atom stereocenters. The summed E-state index contributed by atoms with van der Waals surface area (Å²) in [7, 11) is 0. The summed E-state index contributed by atoms with van der Waals surface area (Å²) in [5, 5.41) is 3.07. The average Bonchev–Trinajstić information content (AvgIpc) is 2.67. The van der Waals surface area contributed by atoms with E-state index in [0.29, 0.717) is 18.1 Å². The summed E-state index contributed by atoms with van der Waals surface area (Å²) in [6.07, 6.45) is 9.99. The van der Waals surface area contributed by atoms with Gasteiger partial charge in [-0.1, -0.05) is 30.3 Å². The summed E-state index contributed by atoms with van der Waals surface area (Å²) in [5.74, 6) is -0.519. The average molecular weight is 393 g/mol. The number of thioether (sulfide) groups is 1. The first-order chi connectivity index (χ1) is 13.0. The first-order valence-corrected chi connectivity index (χ1v) is 10.3. The molecule has 1 amide bonds. The number of esters is 1. The summed E-state index contributed by atoms with van der Waals surface area (Å²) >= 11 is 1.25. The molecule has 0 aliphatic heterocycles. The van der Waals surface area contributed by atoms with Crippen molar-refractivity contribution in [1.82, 2.24) is 15.3 Å². The Morgan fingerprint density at radius 3 is 2.81 bits per heavy atom. The van der Waals surface area contributed by atoms with E-state index in [0.717, 1.165) is 19.3 Å². The van der Waals surface area contributed by atoms with Crippen LogP contribution < -0.4 is 11.1 Å². The number of carbonyl (C=O) groups is 2. The van der Waals surface area contributed by atoms with Gasteiger partial charge in [-0.3, -0.25) is 4.79 Å². The van der Waals surface area contributed by atoms with Gasteiger partial charge in [-0.2, -0.15) is 0 Å². The van der Waals surface area contributed by atoms with Crippen molar-refractivity contribution in [2.24, 2.45) is 0 Å². The highest BCUT2D eigenvalue weighted by atomic mass is 32.2. The topological polar surface area (TPSA) is 107 Å². The van der Waals surface area contributed by atoms with Gasteiger partial charge >= 0.3 is 5.97 Å². The number of rotatable bonds is 9. The highest BCUT2D eigenvalue weighted by molar-refractivity contribution is 8.00. The van der Waals surface area contributed by atoms with E-state index in [4.69, 9.17) is 10.5 Å². The zero-order chi connectivity index (χ0) is 19.6. The standard InChI is InChI=1S/C19H28N4O3S/c1-3-15(17(24)21-11-10-13-8-6-5-7-9-13)27-19-22-12-14(16(20)23-19)18(25)26-4-2/h8,12,15H,3-7,9-11H2,1-2H3,(H,21,24)(H2,20,22,23)/t15-/m0/s1. The van der Waals surface area contributed by atoms with Crippen molar-refractivity contribution in [1.29, 1.82) is 0 Å². The number of nitrogens with zero attached hydrogens (tertiary/aromatic N) is 2. The molecular formula is C19H28N4O3S. The molecule has 0 saturated heterocycles. The van der Waals surface area contributed by atoms with E-state index in [1.807, 2.05) is 6.92 Å². The minimum Gasteiger partial charge on any atom is -0.462 e. The maximum absolute atomic E-state index is 12.5. The van der Waals surface area contributed by atoms with Crippen molar-refractivity contribution in [3.63, 3.8) is 0 Å². The number of anilines is 1. The van der Waals surface area contributed by atoms with Gasteiger partial charge in [-0.25, -0.2) is 14.8 Å². The first-order valence-electron chi connectivity index (χ1n) is 9.47. The van der Waals surface area contributed by atoms with Crippen LogP contribution in [0.15, 0.2) is 23.0 Å². The number of aromatic nitrogens is 2. The molecule has 0 spiro atoms. The molecule has 2 rings (SSSR count). The molecule has 1 aromatic rings. The number of amides is 1. The van der Waals surface area contributed by atoms with Crippen molar-refractivity contribution in [3.8, 4) is 0 Å². The zero-order valence-corrected chi connectivity index (χ0v) is 16.8. The quantitative estimate of drug-likeness (QED) is 0.288. The molecule has 27 heavy (non-hydrogen) atoms. The molecule has 1 aromatic heterocycles. The number of allylic oxidation sites excluding steroid dienone is 1. The van der Waals surface area contributed by atoms with E-state index in [2.05, 4.69) is 21.4 Å². The van der Waals surface area contributed by atoms with Gasteiger partial charge in [0.25, 0.3) is 0 Å². The minimum atomic E-state index is -0.548. The first kappa shape index (κ1) is 21.2. The van der Waals surface area contributed by atoms with Crippen LogP contribution in [0.2, 0.25) is 0 Å². The second-order valence-corrected chi connectivity index (χ2v) is 7.51. The molecule has 0 unspecified atom stereocenters. The third-order valence-electron chi connectivity index (χ3n) is 4.33. The fraction of sp³-hybridized carbons (Fsp3) is 0.579. The van der Waals surface area contributed by atoms with Gasteiger partial charge < -0.3 is 15.8 Å². The molecule has 7 nitrogen and oxygen atoms in total. The smallest absolute Gasteiger partial charge is 0.343 e. The van der Waals surface area contributed by atoms with E-state index >= 15 is 0 Å². The van der Waals surface area contributed by atoms with Crippen LogP contribution in [0, 0.1) is 0 Å². The third kappa shape index (κ3) is 6.53. The van der Waals surface area contributed by atoms with Crippen LogP contribution in [0.5, 0.6) is 0 Å². The fourth-order valence-electron chi connectivity index (χ4n) is 2.84. The Bertz CT molecular complexity index is 694. The zero-order valence-electron chi connectivity index (χ0n) is 16.0. The normalized spacial score (nSPS) is 15.0. The molecule has 1 heterocycles. The SMILES string of the molecule is CCOC(=O)c1cnc(S[C@@H](CC)C(=O)NCCC2=CCCCC2)nc1N. The molecule has 1 aliphatic rings. The lowest BCUT2D eigenvalue weighted by Gasteiger charge is -2.16. The third-order valence-corrected chi connectivity index (χ3v) is 5.57. The van der Waals surface area contributed by atoms with Crippen molar-refractivity contribution < 1.29 is 14.3 Å². The summed E-state index contributed by atoms with van der Waals surface area (Å²) in [6.45, 7) is 4.56. The Hall–Kier alpha value is -2.09. The van der Waals surface area contributed by atoms with Crippen LogP contribution in [-0.4, -0.2) is 40.2 Å². The maximum Gasteiger partial charge on any atom is 0.343 e. The predicted octanol–water partition coefficient (Wildman–Crippen LogP) is 3.11. The van der Waals surface area contributed by atoms with E-state index in [1.54, 1.807) is 6.92 Å². The van der Waals surface area contributed by atoms with Crippen molar-refractivity contribution in [2.45, 2.75) is 62.8 Å². The molecule has 148 valence electrons. The Kier molecular flexibility index (Phi) is 8.57. The Balaban J connectivity index is 1.89. The molecule has 0 fully saturated rings. The summed E-state index contributed by atoms with van der Waals surface area (Å²) < 4.78 is 4.91. The van der Waals surface area contributed by atoms with Gasteiger partial charge in [0.05, 0.1) is 11.9 Å². The van der Waals surface area contributed by atoms with Crippen LogP contribution in [0.25, 0.3) is 0 Å². The van der Waals surface area contributed by atoms with Crippen LogP contribution >= 0.6 is 11.8 Å². The highest BCUT2D eigenvalue weighted by Gasteiger charge is 2.21. The number of carbonyl (C=O) groups excluding carboxylic acids is 2. The largest absolute Gasteiger partial charge is 0.462 e. The second-order valence-electron chi connectivity index (χ2n) is 6.34. The van der Waals surface area contributed by atoms with Gasteiger partial charge in [-0.15, -0.1) is 0 Å². The monoisotopic (exact) mass is 392 g/mol. The number of ether oxygens (including phenoxy) is 1. The number of hydrogen-bond acceptors (Lipinski definition) is 7. The van der Waals surface area contributed by atoms with E-state index in [1.165, 1.54) is 36.4 Å². The van der Waals surface area contributed by atoms with Crippen LogP contribution in [0.3, 0.4) is 0 Å². The molecule has 8 heteroatoms. The van der Waals surface area contributed by atoms with Crippen LogP contribution in [0.1, 0.15) is 62.7 Å². The lowest BCUT2D eigenvalue weighted by Crippen LogP contribution is -2.33. The summed E-state index contributed by atoms with van der Waals surface area (Å²) in [4.78, 5) is 32.5. The molecule has 0 radical (unpaired) electrons. The Morgan fingerprint density at radius 2 is 2.19 bits per heavy atom. The lowest BCUT2D eigenvalue weighted by atomic mass is 9.97. The molecule has 0 saturated carbocycles. The van der Waals surface area contributed by atoms with Gasteiger partial charge in [0, 0.05) is 12.7 Å². The van der Waals surface area contributed by atoms with E-state index in [-0.39, 0.29) is 29.1 Å². The van der Waals surface area contributed by atoms with Gasteiger partial charge in [0.15, 0.2) is 5.16 Å². The summed E-state index contributed by atoms with van der Waals surface area (Å²) in [5.41, 5.74) is 7.41. The van der Waals surface area contributed by atoms with Crippen molar-refractivity contribution in [2.75, 3.05) is 18.9 Å². The number of hydrogen-bond donors (Lipinski definition) is 2. The van der Waals surface area contributed by atoms with E-state index < -0.39 is 5.97 Å². The highest BCUT2D eigenvalue weighted by Crippen LogP contribution is 2.24. The predicted molar refractivity (Wildman–Crippen MR) is 107 cm³/mol. The van der Waals surface area contributed by atoms with Gasteiger partial charge in [0.2, 0.25) is 5.91 Å². The maximum atomic E-state index is 12.5. The Morgan fingerprint density at radius 1 is 1.37 bits per heavy atom. The van der Waals surface area contributed by atoms with Crippen molar-refractivity contribution in [3.05, 3.63) is 23.4 Å². The van der Waals surface area contributed by atoms with E-state index in [9.17, 15) is 9.59 Å². The summed E-state index contributed by atoms with van der Waals surface area (Å²) in [6, 6.07) is 0. The number of nitrogens with two attached hydrogens (primary N) is 1. The minimum absolute atomic E-state index is 0.0319. The lowest BCUT2D eigenvalue weighted by molar-refractivity contribution is -0.120. The molecular weight excluding hydrogens is 364 g/mol. The fourth-order valence-corrected chi connectivity index (χ4v) is 3.72. The number of nitrogen functional groups attached to an aromatic ring is 1.